The van der Waals surface area contributed by atoms with E-state index >= 15 is 0 Å². The minimum atomic E-state index is -1.52. The molecule has 14 heteroatoms. The number of ether oxygens (including phenoxy) is 1. The third-order valence-electron chi connectivity index (χ3n) is 5.97. The van der Waals surface area contributed by atoms with Crippen LogP contribution in [0.4, 0.5) is 21.7 Å². The summed E-state index contributed by atoms with van der Waals surface area (Å²) >= 11 is 12.1. The van der Waals surface area contributed by atoms with Gasteiger partial charge in [0.2, 0.25) is 11.8 Å². The third kappa shape index (κ3) is 7.14. The maximum absolute atomic E-state index is 14.7. The quantitative estimate of drug-likeness (QED) is 0.222. The number of aliphatic carboxylic acids is 1. The average molecular weight is 606 g/mol. The first kappa shape index (κ1) is 31.4. The Hall–Kier alpha value is -4.16. The number of allylic oxidation sites excluding steroid dienone is 1. The summed E-state index contributed by atoms with van der Waals surface area (Å²) in [4.78, 5) is 34.9. The van der Waals surface area contributed by atoms with E-state index < -0.39 is 35.0 Å². The number of nitrogens with zero attached hydrogens (tertiary/aromatic N) is 4. The van der Waals surface area contributed by atoms with E-state index in [1.54, 1.807) is 32.8 Å². The predicted molar refractivity (Wildman–Crippen MR) is 158 cm³/mol. The Morgan fingerprint density at radius 3 is 2.44 bits per heavy atom. The molecule has 218 valence electrons. The van der Waals surface area contributed by atoms with Gasteiger partial charge in [-0.3, -0.25) is 10.2 Å². The molecule has 41 heavy (non-hydrogen) atoms. The van der Waals surface area contributed by atoms with Crippen molar-refractivity contribution in [1.29, 1.82) is 5.41 Å². The number of benzene rings is 1. The van der Waals surface area contributed by atoms with E-state index in [1.807, 2.05) is 0 Å². The number of methoxy groups -OCH3 is 1. The Balaban J connectivity index is 2.34. The second-order valence-electron chi connectivity index (χ2n) is 9.52. The van der Waals surface area contributed by atoms with Crippen molar-refractivity contribution in [1.82, 2.24) is 14.5 Å². The van der Waals surface area contributed by atoms with Gasteiger partial charge in [-0.05, 0) is 29.7 Å². The van der Waals surface area contributed by atoms with Crippen LogP contribution in [0.25, 0.3) is 0 Å². The van der Waals surface area contributed by atoms with E-state index in [9.17, 15) is 19.1 Å². The van der Waals surface area contributed by atoms with Crippen LogP contribution in [0, 0.1) is 17.1 Å². The molecule has 0 bridgehead atoms. The van der Waals surface area contributed by atoms with Crippen LogP contribution in [0.3, 0.4) is 0 Å². The van der Waals surface area contributed by atoms with Gasteiger partial charge in [-0.15, -0.1) is 0 Å². The summed E-state index contributed by atoms with van der Waals surface area (Å²) in [5, 5.41) is 24.7. The maximum atomic E-state index is 14.7. The van der Waals surface area contributed by atoms with E-state index in [1.165, 1.54) is 49.3 Å². The molecule has 0 aliphatic rings. The lowest BCUT2D eigenvalue weighted by atomic mass is 9.89. The molecule has 0 spiro atoms. The molecule has 0 amide bonds. The lowest BCUT2D eigenvalue weighted by Gasteiger charge is -2.28. The molecule has 0 saturated carbocycles. The van der Waals surface area contributed by atoms with Crippen molar-refractivity contribution in [3.8, 4) is 5.88 Å². The van der Waals surface area contributed by atoms with Gasteiger partial charge >= 0.3 is 5.97 Å². The summed E-state index contributed by atoms with van der Waals surface area (Å²) < 4.78 is 21.4. The first-order valence-electron chi connectivity index (χ1n) is 12.2. The Morgan fingerprint density at radius 1 is 1.22 bits per heavy atom. The number of hydrogen-bond acceptors (Lipinski definition) is 9. The van der Waals surface area contributed by atoms with Gasteiger partial charge in [0.1, 0.15) is 22.2 Å². The van der Waals surface area contributed by atoms with Crippen molar-refractivity contribution in [2.24, 2.45) is 13.0 Å². The fraction of sp³-hybridized carbons (Fsp3) is 0.296. The van der Waals surface area contributed by atoms with Crippen LogP contribution in [0.5, 0.6) is 5.88 Å². The molecular formula is C27H30Cl2FN7O4. The molecule has 3 rings (SSSR count). The number of rotatable bonds is 11. The van der Waals surface area contributed by atoms with Gasteiger partial charge in [-0.1, -0.05) is 43.1 Å². The second-order valence-corrected chi connectivity index (χ2v) is 10.3. The molecule has 2 aromatic heterocycles. The van der Waals surface area contributed by atoms with Gasteiger partial charge in [-0.25, -0.2) is 14.2 Å². The zero-order chi connectivity index (χ0) is 30.6. The molecule has 0 aliphatic heterocycles. The Labute approximate surface area is 246 Å². The van der Waals surface area contributed by atoms with Crippen molar-refractivity contribution < 1.29 is 19.0 Å². The normalized spacial score (nSPS) is 12.4. The monoisotopic (exact) mass is 605 g/mol. The lowest BCUT2D eigenvalue weighted by molar-refractivity contribution is -0.129. The molecule has 0 fully saturated rings. The third-order valence-corrected chi connectivity index (χ3v) is 6.55. The van der Waals surface area contributed by atoms with E-state index in [0.29, 0.717) is 23.0 Å². The molecule has 1 atom stereocenters. The number of pyridine rings is 1. The first-order valence-corrected chi connectivity index (χ1v) is 13.0. The van der Waals surface area contributed by atoms with Crippen LogP contribution < -0.4 is 25.8 Å². The number of nitrogens with one attached hydrogen (secondary N) is 3. The highest BCUT2D eigenvalue weighted by Crippen LogP contribution is 2.35. The molecule has 4 N–H and O–H groups in total. The zero-order valence-corrected chi connectivity index (χ0v) is 24.7. The minimum absolute atomic E-state index is 0.0297. The van der Waals surface area contributed by atoms with Crippen molar-refractivity contribution in [3.05, 3.63) is 79.7 Å². The van der Waals surface area contributed by atoms with E-state index in [2.05, 4.69) is 20.6 Å². The molecule has 0 radical (unpaired) electrons. The molecule has 1 unspecified atom stereocenters. The standard InChI is InChI=1S/C27H30Cl2FN7O4/c1-13(2)22(34-19-11-32-27(36(3)4)35-24(19)41-6)20(21(31)26(39)40)23(14-7-8-16(28)18(30)9-14)33-15-10-17(29)25(38)37(5)12-15/h7-13,23,31,33-34H,1-6H3,(H,39,40)/b22-20+,31-21?. The van der Waals surface area contributed by atoms with Crippen molar-refractivity contribution in [2.75, 3.05) is 36.7 Å². The van der Waals surface area contributed by atoms with Crippen LogP contribution in [-0.4, -0.2) is 52.5 Å². The summed E-state index contributed by atoms with van der Waals surface area (Å²) in [6, 6.07) is 4.22. The summed E-state index contributed by atoms with van der Waals surface area (Å²) in [7, 11) is 6.45. The largest absolute Gasteiger partial charge is 0.479 e. The Bertz CT molecular complexity index is 1550. The number of halogens is 3. The smallest absolute Gasteiger partial charge is 0.354 e. The van der Waals surface area contributed by atoms with E-state index in [4.69, 9.17) is 33.3 Å². The molecular weight excluding hydrogens is 576 g/mol. The molecule has 3 aromatic rings. The molecule has 0 saturated heterocycles. The van der Waals surface area contributed by atoms with Crippen LogP contribution in [-0.2, 0) is 11.8 Å². The SMILES string of the molecule is COc1nc(N(C)C)ncc1N/C(=C(\C(=N)C(=O)O)C(Nc1cc(Cl)c(=O)n(C)c1)c1ccc(Cl)c(F)c1)C(C)C. The van der Waals surface area contributed by atoms with E-state index in [-0.39, 0.29) is 27.1 Å². The average Bonchev–Trinajstić information content (AvgIpc) is 2.91. The number of carboxylic acid groups (broad SMARTS) is 1. The van der Waals surface area contributed by atoms with Crippen molar-refractivity contribution in [3.63, 3.8) is 0 Å². The number of hydrogen-bond donors (Lipinski definition) is 4. The van der Waals surface area contributed by atoms with Crippen LogP contribution in [0.1, 0.15) is 25.5 Å². The van der Waals surface area contributed by atoms with Gasteiger partial charge in [0.25, 0.3) is 5.56 Å². The summed E-state index contributed by atoms with van der Waals surface area (Å²) in [6.07, 6.45) is 2.93. The lowest BCUT2D eigenvalue weighted by Crippen LogP contribution is -2.29. The van der Waals surface area contributed by atoms with Crippen LogP contribution >= 0.6 is 23.2 Å². The van der Waals surface area contributed by atoms with Crippen LogP contribution in [0.2, 0.25) is 10.0 Å². The van der Waals surface area contributed by atoms with Gasteiger partial charge in [0.05, 0.1) is 30.1 Å². The summed E-state index contributed by atoms with van der Waals surface area (Å²) in [5.41, 5.74) is -0.0771. The molecule has 11 nitrogen and oxygen atoms in total. The highest BCUT2D eigenvalue weighted by atomic mass is 35.5. The van der Waals surface area contributed by atoms with Crippen molar-refractivity contribution in [2.45, 2.75) is 19.9 Å². The Morgan fingerprint density at radius 2 is 1.90 bits per heavy atom. The first-order chi connectivity index (χ1) is 19.2. The van der Waals surface area contributed by atoms with Crippen molar-refractivity contribution >= 4 is 52.2 Å². The zero-order valence-electron chi connectivity index (χ0n) is 23.2. The maximum Gasteiger partial charge on any atom is 0.354 e. The molecule has 1 aromatic carbocycles. The predicted octanol–water partition coefficient (Wildman–Crippen LogP) is 4.98. The fourth-order valence-corrected chi connectivity index (χ4v) is 4.33. The topological polar surface area (TPSA) is 145 Å². The van der Waals surface area contributed by atoms with E-state index in [0.717, 1.165) is 6.07 Å². The summed E-state index contributed by atoms with van der Waals surface area (Å²) in [5.74, 6) is -2.11. The van der Waals surface area contributed by atoms with Gasteiger partial charge in [0, 0.05) is 38.6 Å². The van der Waals surface area contributed by atoms with Gasteiger partial charge in [-0.2, -0.15) is 4.98 Å². The number of aromatic nitrogens is 3. The number of aryl methyl sites for hydroxylation is 1. The molecule has 2 heterocycles. The summed E-state index contributed by atoms with van der Waals surface area (Å²) in [6.45, 7) is 3.59. The highest BCUT2D eigenvalue weighted by molar-refractivity contribution is 6.41. The fourth-order valence-electron chi connectivity index (χ4n) is 3.96. The van der Waals surface area contributed by atoms with Gasteiger partial charge in [0.15, 0.2) is 0 Å². The number of carboxylic acids is 1. The van der Waals surface area contributed by atoms with Crippen LogP contribution in [0.15, 0.2) is 52.7 Å². The van der Waals surface area contributed by atoms with Gasteiger partial charge < -0.3 is 29.9 Å². The number of anilines is 3. The highest BCUT2D eigenvalue weighted by Gasteiger charge is 2.31. The Kier molecular flexibility index (Phi) is 9.95. The second kappa shape index (κ2) is 13.0. The number of carbonyl (C=O) groups is 1. The molecule has 0 aliphatic carbocycles. The minimum Gasteiger partial charge on any atom is -0.479 e.